The number of hydrogen-bond donors (Lipinski definition) is 1. The van der Waals surface area contributed by atoms with Gasteiger partial charge in [-0.2, -0.15) is 0 Å². The second-order valence-corrected chi connectivity index (χ2v) is 5.40. The molecule has 1 N–H and O–H groups in total. The quantitative estimate of drug-likeness (QED) is 0.934. The molecular weight excluding hydrogens is 320 g/mol. The summed E-state index contributed by atoms with van der Waals surface area (Å²) in [5.74, 6) is -0.0953. The first-order valence-electron chi connectivity index (χ1n) is 6.16. The van der Waals surface area contributed by atoms with Crippen LogP contribution in [0.5, 0.6) is 0 Å². The maximum absolute atomic E-state index is 12.3. The first kappa shape index (κ1) is 14.7. The Morgan fingerprint density at radius 3 is 2.85 bits per heavy atom. The van der Waals surface area contributed by atoms with Gasteiger partial charge in [0.1, 0.15) is 0 Å². The molecule has 0 spiro atoms. The van der Waals surface area contributed by atoms with Crippen molar-refractivity contribution >= 4 is 21.8 Å². The lowest BCUT2D eigenvalue weighted by molar-refractivity contribution is 0.0784. The van der Waals surface area contributed by atoms with Crippen molar-refractivity contribution in [3.8, 4) is 0 Å². The van der Waals surface area contributed by atoms with Crippen LogP contribution in [0, 0.1) is 0 Å². The summed E-state index contributed by atoms with van der Waals surface area (Å²) in [4.78, 5) is 17.9. The summed E-state index contributed by atoms with van der Waals surface area (Å²) >= 11 is 3.41. The number of halogens is 1. The Morgan fingerprint density at radius 1 is 1.35 bits per heavy atom. The number of amides is 1. The maximum Gasteiger partial charge on any atom is 0.254 e. The fraction of sp³-hybridized carbons (Fsp3) is 0.200. The first-order chi connectivity index (χ1) is 9.60. The fourth-order valence-electron chi connectivity index (χ4n) is 1.90. The van der Waals surface area contributed by atoms with Gasteiger partial charge >= 0.3 is 0 Å². The van der Waals surface area contributed by atoms with Crippen LogP contribution in [0.4, 0.5) is 0 Å². The van der Waals surface area contributed by atoms with Crippen LogP contribution in [0.3, 0.4) is 0 Å². The van der Waals surface area contributed by atoms with Gasteiger partial charge in [0.2, 0.25) is 0 Å². The van der Waals surface area contributed by atoms with Crippen molar-refractivity contribution in [2.45, 2.75) is 13.2 Å². The molecule has 4 nitrogen and oxygen atoms in total. The van der Waals surface area contributed by atoms with E-state index in [-0.39, 0.29) is 12.5 Å². The van der Waals surface area contributed by atoms with Crippen molar-refractivity contribution in [3.63, 3.8) is 0 Å². The lowest BCUT2D eigenvalue weighted by Crippen LogP contribution is -2.26. The Bertz CT molecular complexity index is 616. The minimum atomic E-state index is -0.170. The zero-order valence-corrected chi connectivity index (χ0v) is 12.7. The Morgan fingerprint density at radius 2 is 2.15 bits per heavy atom. The van der Waals surface area contributed by atoms with Crippen LogP contribution in [0.15, 0.2) is 47.1 Å². The van der Waals surface area contributed by atoms with Crippen LogP contribution >= 0.6 is 15.9 Å². The van der Waals surface area contributed by atoms with Gasteiger partial charge in [0, 0.05) is 29.8 Å². The van der Waals surface area contributed by atoms with E-state index in [1.165, 1.54) is 6.20 Å². The molecule has 2 rings (SSSR count). The fourth-order valence-corrected chi connectivity index (χ4v) is 2.35. The number of aliphatic hydroxyl groups excluding tert-OH is 1. The highest BCUT2D eigenvalue weighted by Crippen LogP contribution is 2.14. The lowest BCUT2D eigenvalue weighted by atomic mass is 10.1. The van der Waals surface area contributed by atoms with Crippen LogP contribution < -0.4 is 0 Å². The summed E-state index contributed by atoms with van der Waals surface area (Å²) in [5.41, 5.74) is 2.07. The van der Waals surface area contributed by atoms with Crippen LogP contribution in [0.25, 0.3) is 0 Å². The third-order valence-corrected chi connectivity index (χ3v) is 3.37. The second kappa shape index (κ2) is 6.63. The zero-order valence-electron chi connectivity index (χ0n) is 11.1. The van der Waals surface area contributed by atoms with E-state index in [1.807, 2.05) is 24.3 Å². The van der Waals surface area contributed by atoms with Gasteiger partial charge < -0.3 is 10.0 Å². The van der Waals surface area contributed by atoms with Crippen molar-refractivity contribution in [3.05, 3.63) is 63.9 Å². The third-order valence-electron chi connectivity index (χ3n) is 2.88. The molecule has 0 unspecified atom stereocenters. The Hall–Kier alpha value is -1.72. The average molecular weight is 335 g/mol. The molecule has 0 aliphatic rings. The van der Waals surface area contributed by atoms with Gasteiger partial charge in [0.25, 0.3) is 5.91 Å². The number of benzene rings is 1. The number of rotatable bonds is 4. The number of nitrogens with zero attached hydrogens (tertiary/aromatic N) is 2. The molecular formula is C15H15BrN2O2. The van der Waals surface area contributed by atoms with Gasteiger partial charge in [-0.05, 0) is 29.8 Å². The van der Waals surface area contributed by atoms with E-state index in [0.717, 1.165) is 10.0 Å². The van der Waals surface area contributed by atoms with E-state index in [9.17, 15) is 4.79 Å². The molecule has 20 heavy (non-hydrogen) atoms. The summed E-state index contributed by atoms with van der Waals surface area (Å²) in [6.07, 6.45) is 1.53. The van der Waals surface area contributed by atoms with Gasteiger partial charge in [-0.25, -0.2) is 0 Å². The molecule has 0 saturated carbocycles. The normalized spacial score (nSPS) is 10.3. The lowest BCUT2D eigenvalue weighted by Gasteiger charge is -2.17. The largest absolute Gasteiger partial charge is 0.390 e. The predicted molar refractivity (Wildman–Crippen MR) is 80.1 cm³/mol. The Kier molecular flexibility index (Phi) is 4.87. The molecule has 0 aliphatic heterocycles. The van der Waals surface area contributed by atoms with E-state index >= 15 is 0 Å². The Labute approximate surface area is 126 Å². The van der Waals surface area contributed by atoms with Gasteiger partial charge in [-0.3, -0.25) is 9.78 Å². The predicted octanol–water partition coefficient (Wildman–Crippen LogP) is 2.61. The van der Waals surface area contributed by atoms with Crippen molar-refractivity contribution in [2.75, 3.05) is 7.05 Å². The van der Waals surface area contributed by atoms with Gasteiger partial charge in [-0.1, -0.05) is 28.1 Å². The first-order valence-corrected chi connectivity index (χ1v) is 6.95. The number of carbonyl (C=O) groups excluding carboxylic acids is 1. The number of pyridine rings is 1. The van der Waals surface area contributed by atoms with Crippen molar-refractivity contribution in [2.24, 2.45) is 0 Å². The molecule has 2 aromatic rings. The summed E-state index contributed by atoms with van der Waals surface area (Å²) in [7, 11) is 1.75. The van der Waals surface area contributed by atoms with Crippen LogP contribution in [-0.2, 0) is 13.2 Å². The zero-order chi connectivity index (χ0) is 14.5. The second-order valence-electron chi connectivity index (χ2n) is 4.49. The highest BCUT2D eigenvalue weighted by atomic mass is 79.9. The Balaban J connectivity index is 2.12. The van der Waals surface area contributed by atoms with E-state index in [1.54, 1.807) is 24.1 Å². The maximum atomic E-state index is 12.3. The highest BCUT2D eigenvalue weighted by Gasteiger charge is 2.12. The van der Waals surface area contributed by atoms with E-state index in [0.29, 0.717) is 17.8 Å². The number of aromatic nitrogens is 1. The van der Waals surface area contributed by atoms with Gasteiger partial charge in [-0.15, -0.1) is 0 Å². The topological polar surface area (TPSA) is 53.4 Å². The molecule has 0 radical (unpaired) electrons. The molecule has 1 aromatic heterocycles. The molecule has 0 saturated heterocycles. The summed E-state index contributed by atoms with van der Waals surface area (Å²) in [5, 5.41) is 9.06. The molecule has 1 amide bonds. The van der Waals surface area contributed by atoms with Crippen LogP contribution in [0.1, 0.15) is 21.6 Å². The average Bonchev–Trinajstić information content (AvgIpc) is 2.46. The standard InChI is InChI=1S/C15H15BrN2O2/c1-18(9-11-3-2-4-13(16)7-11)15(20)12-5-6-17-14(8-12)10-19/h2-8,19H,9-10H2,1H3. The van der Waals surface area contributed by atoms with Crippen molar-refractivity contribution < 1.29 is 9.90 Å². The van der Waals surface area contributed by atoms with Gasteiger partial charge in [0.05, 0.1) is 12.3 Å². The van der Waals surface area contributed by atoms with E-state index in [4.69, 9.17) is 5.11 Å². The number of hydrogen-bond acceptors (Lipinski definition) is 3. The molecule has 0 atom stereocenters. The molecule has 0 aliphatic carbocycles. The summed E-state index contributed by atoms with van der Waals surface area (Å²) in [6.45, 7) is 0.353. The number of carbonyl (C=O) groups is 1. The van der Waals surface area contributed by atoms with Crippen LogP contribution in [-0.4, -0.2) is 27.9 Å². The number of aliphatic hydroxyl groups is 1. The molecule has 0 fully saturated rings. The SMILES string of the molecule is CN(Cc1cccc(Br)c1)C(=O)c1ccnc(CO)c1. The third kappa shape index (κ3) is 3.65. The highest BCUT2D eigenvalue weighted by molar-refractivity contribution is 9.10. The molecule has 1 heterocycles. The van der Waals surface area contributed by atoms with E-state index in [2.05, 4.69) is 20.9 Å². The molecule has 0 bridgehead atoms. The van der Waals surface area contributed by atoms with Crippen LogP contribution in [0.2, 0.25) is 0 Å². The van der Waals surface area contributed by atoms with Crippen molar-refractivity contribution in [1.29, 1.82) is 0 Å². The van der Waals surface area contributed by atoms with E-state index < -0.39 is 0 Å². The monoisotopic (exact) mass is 334 g/mol. The minimum absolute atomic E-state index is 0.0953. The molecule has 1 aromatic carbocycles. The summed E-state index contributed by atoms with van der Waals surface area (Å²) < 4.78 is 0.988. The molecule has 5 heteroatoms. The smallest absolute Gasteiger partial charge is 0.254 e. The summed E-state index contributed by atoms with van der Waals surface area (Å²) in [6, 6.07) is 11.1. The van der Waals surface area contributed by atoms with Crippen molar-refractivity contribution in [1.82, 2.24) is 9.88 Å². The molecule has 104 valence electrons. The van der Waals surface area contributed by atoms with Gasteiger partial charge in [0.15, 0.2) is 0 Å². The minimum Gasteiger partial charge on any atom is -0.390 e.